The van der Waals surface area contributed by atoms with Crippen molar-refractivity contribution < 1.29 is 4.79 Å². The average molecular weight is 355 g/mol. The Morgan fingerprint density at radius 3 is 2.72 bits per heavy atom. The molecule has 25 heavy (non-hydrogen) atoms. The van der Waals surface area contributed by atoms with Gasteiger partial charge in [-0.3, -0.25) is 14.2 Å². The molecular weight excluding hydrogens is 334 g/mol. The van der Waals surface area contributed by atoms with Crippen LogP contribution in [0, 0.1) is 0 Å². The summed E-state index contributed by atoms with van der Waals surface area (Å²) in [6.45, 7) is 2.53. The van der Waals surface area contributed by atoms with E-state index >= 15 is 0 Å². The second-order valence-electron chi connectivity index (χ2n) is 6.00. The molecule has 0 radical (unpaired) electrons. The van der Waals surface area contributed by atoms with Crippen LogP contribution in [0.4, 0.5) is 0 Å². The first-order valence-corrected chi connectivity index (χ1v) is 9.34. The van der Waals surface area contributed by atoms with E-state index in [1.165, 1.54) is 11.3 Å². The molecule has 0 aliphatic heterocycles. The highest BCUT2D eigenvalue weighted by Crippen LogP contribution is 2.31. The van der Waals surface area contributed by atoms with E-state index in [1.807, 2.05) is 35.7 Å². The third kappa shape index (κ3) is 3.64. The molecular formula is C19H21N3O2S. The van der Waals surface area contributed by atoms with E-state index < -0.39 is 0 Å². The molecule has 2 N–H and O–H groups in total. The third-order valence-electron chi connectivity index (χ3n) is 4.14. The van der Waals surface area contributed by atoms with Gasteiger partial charge in [0.1, 0.15) is 10.7 Å². The van der Waals surface area contributed by atoms with Gasteiger partial charge in [0, 0.05) is 30.3 Å². The fraction of sp³-hybridized carbons (Fsp3) is 0.316. The highest BCUT2D eigenvalue weighted by molar-refractivity contribution is 7.17. The molecule has 0 atom stereocenters. The van der Waals surface area contributed by atoms with Crippen LogP contribution in [0.1, 0.15) is 32.0 Å². The lowest BCUT2D eigenvalue weighted by atomic mass is 10.1. The van der Waals surface area contributed by atoms with Crippen molar-refractivity contribution in [3.8, 4) is 11.1 Å². The van der Waals surface area contributed by atoms with Crippen molar-refractivity contribution in [3.05, 3.63) is 51.9 Å². The predicted molar refractivity (Wildman–Crippen MR) is 102 cm³/mol. The van der Waals surface area contributed by atoms with Gasteiger partial charge in [-0.05, 0) is 18.4 Å². The Balaban J connectivity index is 2.12. The maximum atomic E-state index is 13.2. The number of hydrogen-bond acceptors (Lipinski definition) is 4. The van der Waals surface area contributed by atoms with Crippen molar-refractivity contribution >= 4 is 27.5 Å². The average Bonchev–Trinajstić information content (AvgIpc) is 3.02. The summed E-state index contributed by atoms with van der Waals surface area (Å²) in [5.41, 5.74) is 7.13. The zero-order valence-corrected chi connectivity index (χ0v) is 15.0. The molecule has 2 heterocycles. The molecule has 0 saturated heterocycles. The molecule has 2 aromatic heterocycles. The summed E-state index contributed by atoms with van der Waals surface area (Å²) in [4.78, 5) is 29.7. The van der Waals surface area contributed by atoms with Crippen molar-refractivity contribution in [3.63, 3.8) is 0 Å². The summed E-state index contributed by atoms with van der Waals surface area (Å²) in [5.74, 6) is 0.436. The van der Waals surface area contributed by atoms with Gasteiger partial charge < -0.3 is 5.73 Å². The summed E-state index contributed by atoms with van der Waals surface area (Å²) in [6, 6.07) is 9.88. The lowest BCUT2D eigenvalue weighted by molar-refractivity contribution is -0.118. The van der Waals surface area contributed by atoms with E-state index in [2.05, 4.69) is 6.92 Å². The van der Waals surface area contributed by atoms with Gasteiger partial charge in [0.25, 0.3) is 5.56 Å². The largest absolute Gasteiger partial charge is 0.370 e. The number of benzene rings is 1. The highest BCUT2D eigenvalue weighted by Gasteiger charge is 2.16. The molecule has 130 valence electrons. The molecule has 0 spiro atoms. The van der Waals surface area contributed by atoms with Gasteiger partial charge in [-0.2, -0.15) is 0 Å². The maximum absolute atomic E-state index is 13.2. The molecule has 6 heteroatoms. The number of carbonyl (C=O) groups excluding carboxylic acids is 1. The molecule has 0 fully saturated rings. The number of rotatable bonds is 7. The Morgan fingerprint density at radius 2 is 2.04 bits per heavy atom. The fourth-order valence-electron chi connectivity index (χ4n) is 2.95. The quantitative estimate of drug-likeness (QED) is 0.706. The smallest absolute Gasteiger partial charge is 0.262 e. The molecule has 1 aromatic carbocycles. The Hall–Kier alpha value is -2.47. The number of nitrogens with zero attached hydrogens (tertiary/aromatic N) is 2. The molecule has 0 saturated carbocycles. The molecule has 3 rings (SSSR count). The van der Waals surface area contributed by atoms with Crippen LogP contribution in [0.3, 0.4) is 0 Å². The van der Waals surface area contributed by atoms with E-state index in [0.29, 0.717) is 18.4 Å². The van der Waals surface area contributed by atoms with Gasteiger partial charge in [-0.25, -0.2) is 4.98 Å². The number of primary amides is 1. The zero-order chi connectivity index (χ0) is 17.8. The van der Waals surface area contributed by atoms with Gasteiger partial charge in [0.2, 0.25) is 5.91 Å². The highest BCUT2D eigenvalue weighted by atomic mass is 32.1. The van der Waals surface area contributed by atoms with Crippen LogP contribution in [-0.4, -0.2) is 15.5 Å². The number of amides is 1. The standard InChI is InChI=1S/C19H21N3O2S/c1-2-7-16-21-18-17(19(24)22(16)11-6-10-15(20)23)14(12-25-18)13-8-4-3-5-9-13/h3-5,8-9,12H,2,6-7,10-11H2,1H3,(H2,20,23). The minimum absolute atomic E-state index is 0.0296. The lowest BCUT2D eigenvalue weighted by Gasteiger charge is -2.12. The van der Waals surface area contributed by atoms with Crippen LogP contribution in [0.15, 0.2) is 40.5 Å². The number of thiophene rings is 1. The molecule has 0 unspecified atom stereocenters. The monoisotopic (exact) mass is 355 g/mol. The first kappa shape index (κ1) is 17.4. The van der Waals surface area contributed by atoms with E-state index in [1.54, 1.807) is 4.57 Å². The Morgan fingerprint density at radius 1 is 1.28 bits per heavy atom. The van der Waals surface area contributed by atoms with Crippen molar-refractivity contribution in [1.82, 2.24) is 9.55 Å². The summed E-state index contributed by atoms with van der Waals surface area (Å²) in [5, 5.41) is 2.66. The Kier molecular flexibility index (Phi) is 5.28. The van der Waals surface area contributed by atoms with Crippen LogP contribution in [0.5, 0.6) is 0 Å². The predicted octanol–water partition coefficient (Wildman–Crippen LogP) is 3.34. The van der Waals surface area contributed by atoms with E-state index in [0.717, 1.165) is 34.6 Å². The first-order valence-electron chi connectivity index (χ1n) is 8.46. The van der Waals surface area contributed by atoms with Crippen LogP contribution in [-0.2, 0) is 17.8 Å². The van der Waals surface area contributed by atoms with E-state index in [4.69, 9.17) is 10.7 Å². The number of fused-ring (bicyclic) bond motifs is 1. The molecule has 0 aliphatic rings. The topological polar surface area (TPSA) is 78.0 Å². The minimum atomic E-state index is -0.348. The van der Waals surface area contributed by atoms with Crippen molar-refractivity contribution in [2.24, 2.45) is 5.73 Å². The van der Waals surface area contributed by atoms with Gasteiger partial charge in [0.15, 0.2) is 0 Å². The zero-order valence-electron chi connectivity index (χ0n) is 14.2. The van der Waals surface area contributed by atoms with Crippen LogP contribution < -0.4 is 11.3 Å². The minimum Gasteiger partial charge on any atom is -0.370 e. The number of aromatic nitrogens is 2. The number of hydrogen-bond donors (Lipinski definition) is 1. The van der Waals surface area contributed by atoms with Crippen LogP contribution in [0.25, 0.3) is 21.3 Å². The van der Waals surface area contributed by atoms with Crippen molar-refractivity contribution in [1.29, 1.82) is 0 Å². The van der Waals surface area contributed by atoms with Gasteiger partial charge in [0.05, 0.1) is 5.39 Å². The van der Waals surface area contributed by atoms with E-state index in [9.17, 15) is 9.59 Å². The Bertz CT molecular complexity index is 944. The van der Waals surface area contributed by atoms with Gasteiger partial charge >= 0.3 is 0 Å². The second kappa shape index (κ2) is 7.61. The normalized spacial score (nSPS) is 11.1. The summed E-state index contributed by atoms with van der Waals surface area (Å²) < 4.78 is 1.72. The molecule has 5 nitrogen and oxygen atoms in total. The molecule has 0 bridgehead atoms. The summed E-state index contributed by atoms with van der Waals surface area (Å²) >= 11 is 1.50. The van der Waals surface area contributed by atoms with Crippen molar-refractivity contribution in [2.45, 2.75) is 39.2 Å². The first-order chi connectivity index (χ1) is 12.1. The summed E-state index contributed by atoms with van der Waals surface area (Å²) in [7, 11) is 0. The van der Waals surface area contributed by atoms with Crippen LogP contribution in [0.2, 0.25) is 0 Å². The fourth-order valence-corrected chi connectivity index (χ4v) is 3.91. The second-order valence-corrected chi connectivity index (χ2v) is 6.86. The van der Waals surface area contributed by atoms with Gasteiger partial charge in [-0.15, -0.1) is 11.3 Å². The number of carbonyl (C=O) groups is 1. The van der Waals surface area contributed by atoms with E-state index in [-0.39, 0.29) is 17.9 Å². The number of aryl methyl sites for hydroxylation is 1. The SMILES string of the molecule is CCCc1nc2scc(-c3ccccc3)c2c(=O)n1CCCC(N)=O. The Labute approximate surface area is 150 Å². The molecule has 3 aromatic rings. The molecule has 0 aliphatic carbocycles. The summed E-state index contributed by atoms with van der Waals surface area (Å²) in [6.07, 6.45) is 2.46. The molecule has 1 amide bonds. The third-order valence-corrected chi connectivity index (χ3v) is 5.01. The number of nitrogens with two attached hydrogens (primary N) is 1. The lowest BCUT2D eigenvalue weighted by Crippen LogP contribution is -2.26. The van der Waals surface area contributed by atoms with Crippen molar-refractivity contribution in [2.75, 3.05) is 0 Å². The van der Waals surface area contributed by atoms with Crippen LogP contribution >= 0.6 is 11.3 Å². The maximum Gasteiger partial charge on any atom is 0.262 e. The van der Waals surface area contributed by atoms with Gasteiger partial charge in [-0.1, -0.05) is 37.3 Å².